The Morgan fingerprint density at radius 1 is 0.952 bits per heavy atom. The third-order valence-corrected chi connectivity index (χ3v) is 2.63. The van der Waals surface area contributed by atoms with E-state index in [2.05, 4.69) is 0 Å². The summed E-state index contributed by atoms with van der Waals surface area (Å²) in [5, 5.41) is 0. The molecule has 2 aromatic rings. The third-order valence-electron chi connectivity index (χ3n) is 2.63. The summed E-state index contributed by atoms with van der Waals surface area (Å²) < 4.78 is 43.3. The van der Waals surface area contributed by atoms with Gasteiger partial charge in [0.15, 0.2) is 0 Å². The van der Waals surface area contributed by atoms with Crippen molar-refractivity contribution in [1.29, 1.82) is 0 Å². The summed E-state index contributed by atoms with van der Waals surface area (Å²) in [4.78, 5) is 11.6. The van der Waals surface area contributed by atoms with Crippen molar-refractivity contribution in [2.24, 2.45) is 0 Å². The number of carbonyl (C=O) groups is 1. The van der Waals surface area contributed by atoms with E-state index in [0.717, 1.165) is 18.2 Å². The van der Waals surface area contributed by atoms with E-state index in [4.69, 9.17) is 4.74 Å². The van der Waals surface area contributed by atoms with Gasteiger partial charge in [0, 0.05) is 6.08 Å². The second kappa shape index (κ2) is 6.26. The smallest absolute Gasteiger partial charge is 0.416 e. The van der Waals surface area contributed by atoms with Gasteiger partial charge in [-0.05, 0) is 29.8 Å². The quantitative estimate of drug-likeness (QED) is 0.478. The lowest BCUT2D eigenvalue weighted by Gasteiger charge is -2.09. The number of hydrogen-bond donors (Lipinski definition) is 0. The van der Waals surface area contributed by atoms with Crippen molar-refractivity contribution < 1.29 is 22.7 Å². The molecule has 0 amide bonds. The van der Waals surface area contributed by atoms with Crippen LogP contribution >= 0.6 is 0 Å². The zero-order valence-corrected chi connectivity index (χ0v) is 10.8. The SMILES string of the molecule is O=C(/C=C/c1ccccc1C(F)(F)F)Oc1ccccc1. The summed E-state index contributed by atoms with van der Waals surface area (Å²) >= 11 is 0. The highest BCUT2D eigenvalue weighted by Gasteiger charge is 2.32. The lowest BCUT2D eigenvalue weighted by Crippen LogP contribution is -2.07. The molecule has 0 spiro atoms. The van der Waals surface area contributed by atoms with Crippen molar-refractivity contribution in [1.82, 2.24) is 0 Å². The first kappa shape index (κ1) is 14.8. The molecule has 0 atom stereocenters. The number of carbonyl (C=O) groups excluding carboxylic acids is 1. The van der Waals surface area contributed by atoms with E-state index < -0.39 is 17.7 Å². The van der Waals surface area contributed by atoms with Crippen molar-refractivity contribution in [3.8, 4) is 5.75 Å². The zero-order chi connectivity index (χ0) is 15.3. The molecule has 2 nitrogen and oxygen atoms in total. The van der Waals surface area contributed by atoms with Crippen LogP contribution in [0, 0.1) is 0 Å². The minimum atomic E-state index is -4.47. The fourth-order valence-corrected chi connectivity index (χ4v) is 1.70. The summed E-state index contributed by atoms with van der Waals surface area (Å²) in [7, 11) is 0. The van der Waals surface area contributed by atoms with Crippen LogP contribution < -0.4 is 4.74 Å². The van der Waals surface area contributed by atoms with E-state index in [-0.39, 0.29) is 5.56 Å². The normalized spacial score (nSPS) is 11.6. The largest absolute Gasteiger partial charge is 0.423 e. The van der Waals surface area contributed by atoms with Gasteiger partial charge in [0.2, 0.25) is 0 Å². The molecule has 0 aliphatic carbocycles. The van der Waals surface area contributed by atoms with Crippen LogP contribution in [-0.4, -0.2) is 5.97 Å². The maximum atomic E-state index is 12.8. The highest BCUT2D eigenvalue weighted by Crippen LogP contribution is 2.32. The minimum absolute atomic E-state index is 0.0880. The van der Waals surface area contributed by atoms with Gasteiger partial charge in [-0.2, -0.15) is 13.2 Å². The van der Waals surface area contributed by atoms with E-state index in [1.807, 2.05) is 0 Å². The van der Waals surface area contributed by atoms with Gasteiger partial charge in [-0.15, -0.1) is 0 Å². The zero-order valence-electron chi connectivity index (χ0n) is 10.8. The molecular weight excluding hydrogens is 281 g/mol. The Morgan fingerprint density at radius 3 is 2.24 bits per heavy atom. The number of ether oxygens (including phenoxy) is 1. The highest BCUT2D eigenvalue weighted by atomic mass is 19.4. The summed E-state index contributed by atoms with van der Waals surface area (Å²) in [5.41, 5.74) is -0.885. The van der Waals surface area contributed by atoms with E-state index >= 15 is 0 Å². The van der Waals surface area contributed by atoms with E-state index in [1.165, 1.54) is 18.2 Å². The molecule has 0 saturated carbocycles. The maximum absolute atomic E-state index is 12.8. The first-order valence-electron chi connectivity index (χ1n) is 6.08. The lowest BCUT2D eigenvalue weighted by atomic mass is 10.1. The molecule has 0 saturated heterocycles. The molecule has 0 bridgehead atoms. The van der Waals surface area contributed by atoms with E-state index in [0.29, 0.717) is 5.75 Å². The van der Waals surface area contributed by atoms with Crippen LogP contribution in [0.3, 0.4) is 0 Å². The van der Waals surface area contributed by atoms with Gasteiger partial charge in [0.25, 0.3) is 0 Å². The van der Waals surface area contributed by atoms with Gasteiger partial charge in [0.1, 0.15) is 5.75 Å². The van der Waals surface area contributed by atoms with Gasteiger partial charge < -0.3 is 4.74 Å². The van der Waals surface area contributed by atoms with Crippen molar-refractivity contribution in [3.63, 3.8) is 0 Å². The van der Waals surface area contributed by atoms with E-state index in [9.17, 15) is 18.0 Å². The Morgan fingerprint density at radius 2 is 1.57 bits per heavy atom. The van der Waals surface area contributed by atoms with Crippen LogP contribution in [-0.2, 0) is 11.0 Å². The predicted octanol–water partition coefficient (Wildman–Crippen LogP) is 4.32. The molecule has 0 radical (unpaired) electrons. The molecule has 0 fully saturated rings. The molecule has 108 valence electrons. The number of esters is 1. The Kier molecular flexibility index (Phi) is 4.42. The predicted molar refractivity (Wildman–Crippen MR) is 72.6 cm³/mol. The summed E-state index contributed by atoms with van der Waals surface area (Å²) in [6, 6.07) is 13.3. The van der Waals surface area contributed by atoms with Crippen molar-refractivity contribution in [2.75, 3.05) is 0 Å². The summed E-state index contributed by atoms with van der Waals surface area (Å²) in [6.07, 6.45) is -2.41. The lowest BCUT2D eigenvalue weighted by molar-refractivity contribution is -0.137. The molecule has 5 heteroatoms. The van der Waals surface area contributed by atoms with Gasteiger partial charge in [-0.25, -0.2) is 4.79 Å². The van der Waals surface area contributed by atoms with Crippen LogP contribution in [0.1, 0.15) is 11.1 Å². The number of para-hydroxylation sites is 1. The average Bonchev–Trinajstić information content (AvgIpc) is 2.45. The van der Waals surface area contributed by atoms with Crippen LogP contribution in [0.25, 0.3) is 6.08 Å². The number of rotatable bonds is 3. The van der Waals surface area contributed by atoms with Gasteiger partial charge in [0.05, 0.1) is 5.56 Å². The van der Waals surface area contributed by atoms with Gasteiger partial charge in [-0.1, -0.05) is 36.4 Å². The van der Waals surface area contributed by atoms with Crippen LogP contribution in [0.15, 0.2) is 60.7 Å². The number of halogens is 3. The second-order valence-electron chi connectivity index (χ2n) is 4.15. The third kappa shape index (κ3) is 4.21. The Hall–Kier alpha value is -2.56. The second-order valence-corrected chi connectivity index (χ2v) is 4.15. The first-order valence-corrected chi connectivity index (χ1v) is 6.08. The molecule has 0 aromatic heterocycles. The molecule has 0 unspecified atom stereocenters. The van der Waals surface area contributed by atoms with Crippen LogP contribution in [0.4, 0.5) is 13.2 Å². The average molecular weight is 292 g/mol. The molecule has 0 aliphatic heterocycles. The van der Waals surface area contributed by atoms with Crippen molar-refractivity contribution in [3.05, 3.63) is 71.8 Å². The van der Waals surface area contributed by atoms with Crippen molar-refractivity contribution >= 4 is 12.0 Å². The number of hydrogen-bond acceptors (Lipinski definition) is 2. The standard InChI is InChI=1S/C16H11F3O2/c17-16(18,19)14-9-5-4-6-12(14)10-11-15(20)21-13-7-2-1-3-8-13/h1-11H/b11-10+. The molecular formula is C16H11F3O2. The summed E-state index contributed by atoms with van der Waals surface area (Å²) in [5.74, 6) is -0.408. The van der Waals surface area contributed by atoms with Crippen LogP contribution in [0.2, 0.25) is 0 Å². The van der Waals surface area contributed by atoms with Crippen molar-refractivity contribution in [2.45, 2.75) is 6.18 Å². The Labute approximate surface area is 119 Å². The maximum Gasteiger partial charge on any atom is 0.416 e. The molecule has 0 heterocycles. The first-order chi connectivity index (χ1) is 9.97. The fourth-order valence-electron chi connectivity index (χ4n) is 1.70. The summed E-state index contributed by atoms with van der Waals surface area (Å²) in [6.45, 7) is 0. The van der Waals surface area contributed by atoms with Gasteiger partial charge >= 0.3 is 12.1 Å². The molecule has 2 aromatic carbocycles. The minimum Gasteiger partial charge on any atom is -0.423 e. The van der Waals surface area contributed by atoms with Crippen LogP contribution in [0.5, 0.6) is 5.75 Å². The fraction of sp³-hybridized carbons (Fsp3) is 0.0625. The number of alkyl halides is 3. The van der Waals surface area contributed by atoms with E-state index in [1.54, 1.807) is 30.3 Å². The Balaban J connectivity index is 2.13. The molecule has 0 N–H and O–H groups in total. The Bertz CT molecular complexity index is 646. The number of benzene rings is 2. The molecule has 21 heavy (non-hydrogen) atoms. The topological polar surface area (TPSA) is 26.3 Å². The highest BCUT2D eigenvalue weighted by molar-refractivity contribution is 5.89. The monoisotopic (exact) mass is 292 g/mol. The molecule has 2 rings (SSSR count). The van der Waals surface area contributed by atoms with Gasteiger partial charge in [-0.3, -0.25) is 0 Å². The molecule has 0 aliphatic rings.